The first-order valence-corrected chi connectivity index (χ1v) is 10.6. The van der Waals surface area contributed by atoms with E-state index in [1.807, 2.05) is 37.3 Å². The van der Waals surface area contributed by atoms with Crippen LogP contribution in [0.4, 0.5) is 10.1 Å². The van der Waals surface area contributed by atoms with E-state index in [9.17, 15) is 9.18 Å². The molecule has 5 nitrogen and oxygen atoms in total. The summed E-state index contributed by atoms with van der Waals surface area (Å²) in [6.45, 7) is 5.29. The third-order valence-corrected chi connectivity index (χ3v) is 6.10. The van der Waals surface area contributed by atoms with E-state index in [1.54, 1.807) is 12.1 Å². The Hall–Kier alpha value is -3.38. The van der Waals surface area contributed by atoms with Crippen LogP contribution < -0.4 is 15.8 Å². The van der Waals surface area contributed by atoms with Crippen LogP contribution in [0.2, 0.25) is 0 Å². The number of hydrogen-bond acceptors (Lipinski definition) is 3. The minimum Gasteiger partial charge on any atom is -0.366 e. The molecule has 0 spiro atoms. The summed E-state index contributed by atoms with van der Waals surface area (Å²) < 4.78 is 16.5. The lowest BCUT2D eigenvalue weighted by atomic mass is 10.0. The summed E-state index contributed by atoms with van der Waals surface area (Å²) in [7, 11) is 0. The van der Waals surface area contributed by atoms with Crippen LogP contribution in [0.1, 0.15) is 16.8 Å². The first-order valence-electron chi connectivity index (χ1n) is 10.6. The molecule has 1 aliphatic rings. The molecule has 0 atom stereocenters. The van der Waals surface area contributed by atoms with Crippen molar-refractivity contribution in [1.29, 1.82) is 0 Å². The summed E-state index contributed by atoms with van der Waals surface area (Å²) in [5, 5.41) is 3.40. The molecule has 0 bridgehead atoms. The lowest BCUT2D eigenvalue weighted by Gasteiger charge is -2.30. The van der Waals surface area contributed by atoms with Crippen molar-refractivity contribution in [3.05, 3.63) is 93.7 Å². The van der Waals surface area contributed by atoms with Gasteiger partial charge in [0.15, 0.2) is 0 Å². The molecule has 5 rings (SSSR count). The van der Waals surface area contributed by atoms with Gasteiger partial charge in [-0.2, -0.15) is 0 Å². The number of para-hydroxylation sites is 1. The summed E-state index contributed by atoms with van der Waals surface area (Å²) in [6, 6.07) is 18.8. The van der Waals surface area contributed by atoms with Crippen LogP contribution in [0, 0.1) is 12.7 Å². The smallest absolute Gasteiger partial charge is 0.248 e. The van der Waals surface area contributed by atoms with Crippen LogP contribution in [-0.4, -0.2) is 35.7 Å². The zero-order chi connectivity index (χ0) is 21.4. The highest BCUT2D eigenvalue weighted by Gasteiger charge is 2.25. The van der Waals surface area contributed by atoms with Crippen LogP contribution in [-0.2, 0) is 6.42 Å². The van der Waals surface area contributed by atoms with Crippen LogP contribution in [0.15, 0.2) is 65.5 Å². The summed E-state index contributed by atoms with van der Waals surface area (Å²) >= 11 is 0. The number of anilines is 1. The number of pyridine rings is 1. The van der Waals surface area contributed by atoms with Crippen LogP contribution >= 0.6 is 0 Å². The highest BCUT2D eigenvalue weighted by molar-refractivity contribution is 5.94. The monoisotopic (exact) mass is 416 g/mol. The SMILES string of the molecule is Cc1c(F)cccc1Cc1c(N2CCNCC2)c2[nH]c(=O)ccc2n1-c1ccccc1. The highest BCUT2D eigenvalue weighted by atomic mass is 19.1. The number of rotatable bonds is 4. The van der Waals surface area contributed by atoms with E-state index in [4.69, 9.17) is 0 Å². The number of aromatic nitrogens is 2. The van der Waals surface area contributed by atoms with Gasteiger partial charge in [0, 0.05) is 44.4 Å². The van der Waals surface area contributed by atoms with E-state index < -0.39 is 0 Å². The highest BCUT2D eigenvalue weighted by Crippen LogP contribution is 2.37. The number of nitrogens with zero attached hydrogens (tertiary/aromatic N) is 2. The Balaban J connectivity index is 1.81. The Labute approximate surface area is 180 Å². The van der Waals surface area contributed by atoms with Crippen molar-refractivity contribution in [3.63, 3.8) is 0 Å². The summed E-state index contributed by atoms with van der Waals surface area (Å²) in [5.41, 5.74) is 6.37. The number of halogens is 1. The molecule has 2 aromatic carbocycles. The molecule has 4 aromatic rings. The maximum absolute atomic E-state index is 14.3. The van der Waals surface area contributed by atoms with E-state index in [1.165, 1.54) is 6.07 Å². The predicted octanol–water partition coefficient (Wildman–Crippen LogP) is 3.77. The second-order valence-corrected chi connectivity index (χ2v) is 7.99. The van der Waals surface area contributed by atoms with Gasteiger partial charge in [0.05, 0.1) is 22.4 Å². The normalized spacial score (nSPS) is 14.3. The van der Waals surface area contributed by atoms with Gasteiger partial charge in [0.2, 0.25) is 5.56 Å². The molecular weight excluding hydrogens is 391 g/mol. The Kier molecular flexibility index (Phi) is 5.08. The van der Waals surface area contributed by atoms with Gasteiger partial charge in [-0.15, -0.1) is 0 Å². The largest absolute Gasteiger partial charge is 0.366 e. The fourth-order valence-corrected chi connectivity index (χ4v) is 4.52. The van der Waals surface area contributed by atoms with E-state index >= 15 is 0 Å². The molecule has 1 aliphatic heterocycles. The second kappa shape index (κ2) is 8.04. The van der Waals surface area contributed by atoms with Crippen molar-refractivity contribution in [3.8, 4) is 5.69 Å². The molecule has 3 heterocycles. The number of fused-ring (bicyclic) bond motifs is 1. The van der Waals surface area contributed by atoms with Crippen LogP contribution in [0.5, 0.6) is 0 Å². The average Bonchev–Trinajstić information content (AvgIpc) is 3.11. The molecule has 0 unspecified atom stereocenters. The lowest BCUT2D eigenvalue weighted by molar-refractivity contribution is 0.588. The Bertz CT molecular complexity index is 1290. The minimum absolute atomic E-state index is 0.123. The standard InChI is InChI=1S/C25H25FN4O/c1-17-18(6-5-9-20(17)26)16-22-25(29-14-12-27-13-15-29)24-21(10-11-23(31)28-24)30(22)19-7-3-2-4-8-19/h2-11,27H,12-16H2,1H3,(H,28,31). The molecule has 158 valence electrons. The predicted molar refractivity (Wildman–Crippen MR) is 123 cm³/mol. The third kappa shape index (κ3) is 3.53. The molecule has 0 amide bonds. The van der Waals surface area contributed by atoms with Gasteiger partial charge in [-0.05, 0) is 42.3 Å². The Morgan fingerprint density at radius 3 is 2.52 bits per heavy atom. The zero-order valence-electron chi connectivity index (χ0n) is 17.5. The molecule has 1 fully saturated rings. The lowest BCUT2D eigenvalue weighted by Crippen LogP contribution is -2.44. The van der Waals surface area contributed by atoms with Crippen molar-refractivity contribution in [1.82, 2.24) is 14.9 Å². The molecule has 2 N–H and O–H groups in total. The topological polar surface area (TPSA) is 53.1 Å². The summed E-state index contributed by atoms with van der Waals surface area (Å²) in [4.78, 5) is 17.7. The van der Waals surface area contributed by atoms with Crippen molar-refractivity contribution >= 4 is 16.7 Å². The quantitative estimate of drug-likeness (QED) is 0.533. The molecule has 2 aromatic heterocycles. The minimum atomic E-state index is -0.197. The molecule has 6 heteroatoms. The number of hydrogen-bond donors (Lipinski definition) is 2. The molecule has 0 saturated carbocycles. The number of aromatic amines is 1. The summed E-state index contributed by atoms with van der Waals surface area (Å²) in [6.07, 6.45) is 0.564. The molecule has 1 saturated heterocycles. The van der Waals surface area contributed by atoms with Gasteiger partial charge in [-0.1, -0.05) is 30.3 Å². The van der Waals surface area contributed by atoms with E-state index in [-0.39, 0.29) is 11.4 Å². The number of nitrogens with one attached hydrogen (secondary N) is 2. The van der Waals surface area contributed by atoms with Gasteiger partial charge in [0.25, 0.3) is 0 Å². The summed E-state index contributed by atoms with van der Waals surface area (Å²) in [5.74, 6) is -0.197. The molecular formula is C25H25FN4O. The van der Waals surface area contributed by atoms with Gasteiger partial charge in [-0.25, -0.2) is 4.39 Å². The van der Waals surface area contributed by atoms with Crippen molar-refractivity contribution < 1.29 is 4.39 Å². The van der Waals surface area contributed by atoms with Crippen molar-refractivity contribution in [2.45, 2.75) is 13.3 Å². The zero-order valence-corrected chi connectivity index (χ0v) is 17.5. The number of piperazine rings is 1. The fourth-order valence-electron chi connectivity index (χ4n) is 4.52. The Morgan fingerprint density at radius 1 is 0.968 bits per heavy atom. The van der Waals surface area contributed by atoms with Crippen LogP contribution in [0.3, 0.4) is 0 Å². The van der Waals surface area contributed by atoms with Gasteiger partial charge >= 0.3 is 0 Å². The first kappa shape index (κ1) is 19.6. The molecule has 31 heavy (non-hydrogen) atoms. The molecule has 0 aliphatic carbocycles. The Morgan fingerprint density at radius 2 is 1.74 bits per heavy atom. The van der Waals surface area contributed by atoms with Gasteiger partial charge < -0.3 is 19.8 Å². The van der Waals surface area contributed by atoms with E-state index in [0.29, 0.717) is 12.0 Å². The van der Waals surface area contributed by atoms with Crippen LogP contribution in [0.25, 0.3) is 16.7 Å². The van der Waals surface area contributed by atoms with Gasteiger partial charge in [-0.3, -0.25) is 4.79 Å². The second-order valence-electron chi connectivity index (χ2n) is 7.99. The van der Waals surface area contributed by atoms with Crippen molar-refractivity contribution in [2.75, 3.05) is 31.1 Å². The number of benzene rings is 2. The van der Waals surface area contributed by atoms with Gasteiger partial charge in [0.1, 0.15) is 5.82 Å². The average molecular weight is 417 g/mol. The number of H-pyrrole nitrogens is 1. The molecule has 0 radical (unpaired) electrons. The fraction of sp³-hybridized carbons (Fsp3) is 0.240. The maximum atomic E-state index is 14.3. The third-order valence-electron chi connectivity index (χ3n) is 6.10. The first-order chi connectivity index (χ1) is 15.1. The van der Waals surface area contributed by atoms with E-state index in [2.05, 4.69) is 31.9 Å². The van der Waals surface area contributed by atoms with E-state index in [0.717, 1.165) is 59.8 Å². The maximum Gasteiger partial charge on any atom is 0.248 e. The van der Waals surface area contributed by atoms with Crippen molar-refractivity contribution in [2.24, 2.45) is 0 Å².